The van der Waals surface area contributed by atoms with Crippen molar-refractivity contribution in [3.05, 3.63) is 77.9 Å². The van der Waals surface area contributed by atoms with Gasteiger partial charge in [-0.25, -0.2) is 4.79 Å². The minimum atomic E-state index is -0.574. The maximum Gasteiger partial charge on any atom is 0.339 e. The highest BCUT2D eigenvalue weighted by Gasteiger charge is 2.22. The molecule has 1 aliphatic heterocycles. The predicted octanol–water partition coefficient (Wildman–Crippen LogP) is 7.60. The Balaban J connectivity index is 1.61. The van der Waals surface area contributed by atoms with E-state index in [0.29, 0.717) is 24.2 Å². The minimum Gasteiger partial charge on any atom is -0.456 e. The molecule has 0 bridgehead atoms. The van der Waals surface area contributed by atoms with Crippen LogP contribution in [0.5, 0.6) is 0 Å². The van der Waals surface area contributed by atoms with Gasteiger partial charge in [0.15, 0.2) is 0 Å². The van der Waals surface area contributed by atoms with Gasteiger partial charge >= 0.3 is 5.97 Å². The SMILES string of the molecule is CCCCC(=O)N(Cc1ccc(-c2ccccc2C(=O)OC(C)(C)C)cc1)c1cc(N2CCCCC2)ccc1N. The number of hydrogen-bond donors (Lipinski definition) is 1. The fraction of sp³-hybridized carbons (Fsp3) is 0.412. The first-order chi connectivity index (χ1) is 19.2. The molecule has 2 N–H and O–H groups in total. The number of carbonyl (C=O) groups excluding carboxylic acids is 2. The van der Waals surface area contributed by atoms with Crippen molar-refractivity contribution in [2.75, 3.05) is 28.6 Å². The number of carbonyl (C=O) groups is 2. The summed E-state index contributed by atoms with van der Waals surface area (Å²) >= 11 is 0. The minimum absolute atomic E-state index is 0.0729. The van der Waals surface area contributed by atoms with E-state index in [1.807, 2.05) is 74.2 Å². The van der Waals surface area contributed by atoms with Gasteiger partial charge < -0.3 is 20.3 Å². The Kier molecular flexibility index (Phi) is 9.51. The maximum absolute atomic E-state index is 13.5. The van der Waals surface area contributed by atoms with Crippen molar-refractivity contribution >= 4 is 28.9 Å². The van der Waals surface area contributed by atoms with E-state index in [-0.39, 0.29) is 11.9 Å². The van der Waals surface area contributed by atoms with Crippen LogP contribution in [-0.2, 0) is 16.1 Å². The van der Waals surface area contributed by atoms with Crippen LogP contribution in [0, 0.1) is 0 Å². The molecular weight excluding hydrogens is 498 g/mol. The van der Waals surface area contributed by atoms with Gasteiger partial charge in [0.2, 0.25) is 5.91 Å². The van der Waals surface area contributed by atoms with Crippen LogP contribution in [0.4, 0.5) is 17.1 Å². The van der Waals surface area contributed by atoms with Crippen molar-refractivity contribution in [1.29, 1.82) is 0 Å². The summed E-state index contributed by atoms with van der Waals surface area (Å²) in [5, 5.41) is 0. The zero-order valence-corrected chi connectivity index (χ0v) is 24.4. The third-order valence-electron chi connectivity index (χ3n) is 7.22. The van der Waals surface area contributed by atoms with E-state index in [1.54, 1.807) is 6.07 Å². The second-order valence-electron chi connectivity index (χ2n) is 11.6. The number of piperidine rings is 1. The molecule has 1 fully saturated rings. The number of rotatable bonds is 9. The highest BCUT2D eigenvalue weighted by atomic mass is 16.6. The van der Waals surface area contributed by atoms with Crippen LogP contribution in [-0.4, -0.2) is 30.6 Å². The van der Waals surface area contributed by atoms with Crippen LogP contribution >= 0.6 is 0 Å². The molecule has 0 radical (unpaired) electrons. The molecule has 3 aromatic rings. The largest absolute Gasteiger partial charge is 0.456 e. The van der Waals surface area contributed by atoms with Crippen LogP contribution in [0.1, 0.15) is 82.1 Å². The van der Waals surface area contributed by atoms with E-state index in [9.17, 15) is 9.59 Å². The van der Waals surface area contributed by atoms with Gasteiger partial charge in [-0.15, -0.1) is 0 Å². The molecule has 4 rings (SSSR count). The van der Waals surface area contributed by atoms with E-state index < -0.39 is 5.60 Å². The molecule has 1 amide bonds. The van der Waals surface area contributed by atoms with Crippen molar-refractivity contribution in [2.45, 2.75) is 78.4 Å². The van der Waals surface area contributed by atoms with E-state index in [2.05, 4.69) is 24.0 Å². The molecule has 0 aromatic heterocycles. The Bertz CT molecular complexity index is 1300. The predicted molar refractivity (Wildman–Crippen MR) is 165 cm³/mol. The molecule has 0 unspecified atom stereocenters. The Morgan fingerprint density at radius 2 is 1.65 bits per heavy atom. The summed E-state index contributed by atoms with van der Waals surface area (Å²) in [6.45, 7) is 10.2. The first-order valence-electron chi connectivity index (χ1n) is 14.5. The topological polar surface area (TPSA) is 75.9 Å². The summed E-state index contributed by atoms with van der Waals surface area (Å²) in [7, 11) is 0. The number of esters is 1. The number of hydrogen-bond acceptors (Lipinski definition) is 5. The monoisotopic (exact) mass is 541 g/mol. The van der Waals surface area contributed by atoms with Gasteiger partial charge in [-0.2, -0.15) is 0 Å². The normalized spacial score (nSPS) is 13.7. The quantitative estimate of drug-likeness (QED) is 0.223. The molecule has 40 heavy (non-hydrogen) atoms. The van der Waals surface area contributed by atoms with Gasteiger partial charge in [-0.1, -0.05) is 55.8 Å². The number of unbranched alkanes of at least 4 members (excludes halogenated alkanes) is 1. The van der Waals surface area contributed by atoms with Crippen LogP contribution in [0.2, 0.25) is 0 Å². The number of nitrogens with two attached hydrogens (primary N) is 1. The number of nitrogens with zero attached hydrogens (tertiary/aromatic N) is 2. The van der Waals surface area contributed by atoms with Crippen LogP contribution in [0.3, 0.4) is 0 Å². The van der Waals surface area contributed by atoms with E-state index in [4.69, 9.17) is 10.5 Å². The van der Waals surface area contributed by atoms with Crippen molar-refractivity contribution in [3.8, 4) is 11.1 Å². The molecule has 6 nitrogen and oxygen atoms in total. The van der Waals surface area contributed by atoms with Crippen molar-refractivity contribution in [3.63, 3.8) is 0 Å². The van der Waals surface area contributed by atoms with Crippen LogP contribution in [0.15, 0.2) is 66.7 Å². The summed E-state index contributed by atoms with van der Waals surface area (Å²) in [5.41, 5.74) is 11.6. The Morgan fingerprint density at radius 3 is 2.33 bits per heavy atom. The number of nitrogen functional groups attached to an aromatic ring is 1. The zero-order chi connectivity index (χ0) is 28.7. The van der Waals surface area contributed by atoms with Crippen LogP contribution < -0.4 is 15.5 Å². The molecule has 1 saturated heterocycles. The first kappa shape index (κ1) is 29.2. The molecular formula is C34H43N3O3. The summed E-state index contributed by atoms with van der Waals surface area (Å²) < 4.78 is 5.64. The van der Waals surface area contributed by atoms with Gasteiger partial charge in [-0.05, 0) is 87.4 Å². The maximum atomic E-state index is 13.5. The second-order valence-corrected chi connectivity index (χ2v) is 11.6. The van der Waals surface area contributed by atoms with Crippen molar-refractivity contribution in [1.82, 2.24) is 0 Å². The standard InChI is InChI=1S/C34H43N3O3/c1-5-6-14-32(38)37(31-23-27(19-20-30(31)35)36-21-10-7-11-22-36)24-25-15-17-26(18-16-25)28-12-8-9-13-29(28)33(39)40-34(2,3)4/h8-9,12-13,15-20,23H,5-7,10-11,14,21-22,24,35H2,1-4H3. The lowest BCUT2D eigenvalue weighted by molar-refractivity contribution is -0.118. The van der Waals surface area contributed by atoms with Crippen LogP contribution in [0.25, 0.3) is 11.1 Å². The van der Waals surface area contributed by atoms with Crippen molar-refractivity contribution < 1.29 is 14.3 Å². The smallest absolute Gasteiger partial charge is 0.339 e. The zero-order valence-electron chi connectivity index (χ0n) is 24.4. The molecule has 0 atom stereocenters. The van der Waals surface area contributed by atoms with Gasteiger partial charge in [0.05, 0.1) is 23.5 Å². The van der Waals surface area contributed by atoms with E-state index >= 15 is 0 Å². The van der Waals surface area contributed by atoms with Gasteiger partial charge in [-0.3, -0.25) is 4.79 Å². The summed E-state index contributed by atoms with van der Waals surface area (Å²) in [4.78, 5) is 30.6. The molecule has 3 aromatic carbocycles. The number of ether oxygens (including phenoxy) is 1. The average Bonchev–Trinajstić information content (AvgIpc) is 2.95. The Morgan fingerprint density at radius 1 is 0.950 bits per heavy atom. The highest BCUT2D eigenvalue weighted by molar-refractivity contribution is 5.98. The highest BCUT2D eigenvalue weighted by Crippen LogP contribution is 2.33. The molecule has 212 valence electrons. The number of anilines is 3. The number of benzene rings is 3. The van der Waals surface area contributed by atoms with Gasteiger partial charge in [0.1, 0.15) is 5.60 Å². The lowest BCUT2D eigenvalue weighted by atomic mass is 9.98. The molecule has 1 heterocycles. The molecule has 0 saturated carbocycles. The second kappa shape index (κ2) is 13.0. The van der Waals surface area contributed by atoms with Gasteiger partial charge in [0, 0.05) is 25.2 Å². The Hall–Kier alpha value is -3.80. The third kappa shape index (κ3) is 7.44. The summed E-state index contributed by atoms with van der Waals surface area (Å²) in [6.07, 6.45) is 5.89. The lowest BCUT2D eigenvalue weighted by Crippen LogP contribution is -2.32. The molecule has 0 spiro atoms. The fourth-order valence-electron chi connectivity index (χ4n) is 5.10. The van der Waals surface area contributed by atoms with Gasteiger partial charge in [0.25, 0.3) is 0 Å². The third-order valence-corrected chi connectivity index (χ3v) is 7.22. The molecule has 0 aliphatic carbocycles. The fourth-order valence-corrected chi connectivity index (χ4v) is 5.10. The van der Waals surface area contributed by atoms with E-state index in [1.165, 1.54) is 19.3 Å². The van der Waals surface area contributed by atoms with E-state index in [0.717, 1.165) is 54.0 Å². The summed E-state index contributed by atoms with van der Waals surface area (Å²) in [5.74, 6) is -0.271. The average molecular weight is 542 g/mol. The number of amides is 1. The summed E-state index contributed by atoms with van der Waals surface area (Å²) in [6, 6.07) is 21.6. The Labute approximate surface area is 239 Å². The molecule has 1 aliphatic rings. The lowest BCUT2D eigenvalue weighted by Gasteiger charge is -2.31. The first-order valence-corrected chi connectivity index (χ1v) is 14.5. The van der Waals surface area contributed by atoms with Crippen molar-refractivity contribution in [2.24, 2.45) is 0 Å². The molecule has 6 heteroatoms.